The number of halogens is 1. The van der Waals surface area contributed by atoms with Crippen LogP contribution in [0.5, 0.6) is 0 Å². The monoisotopic (exact) mass is 832 g/mol. The van der Waals surface area contributed by atoms with Crippen LogP contribution in [-0.2, 0) is 0 Å². The molecule has 0 amide bonds. The van der Waals surface area contributed by atoms with Gasteiger partial charge in [0.15, 0.2) is 0 Å². The van der Waals surface area contributed by atoms with Crippen LogP contribution in [0.4, 0.5) is 0 Å². The second-order valence-electron chi connectivity index (χ2n) is 17.6. The van der Waals surface area contributed by atoms with Gasteiger partial charge in [-0.15, -0.1) is 0 Å². The van der Waals surface area contributed by atoms with Gasteiger partial charge in [-0.2, -0.15) is 0 Å². The molecule has 0 bridgehead atoms. The minimum atomic E-state index is 0. The van der Waals surface area contributed by atoms with Crippen molar-refractivity contribution in [3.63, 3.8) is 0 Å². The molecule has 1 nitrogen and oxygen atoms in total. The molecule has 51 heavy (non-hydrogen) atoms. The molecule has 0 radical (unpaired) electrons. The Bertz CT molecular complexity index is 512. The van der Waals surface area contributed by atoms with Crippen LogP contribution in [-0.4, -0.2) is 31.2 Å². The van der Waals surface area contributed by atoms with Gasteiger partial charge in [-0.25, -0.2) is 0 Å². The van der Waals surface area contributed by atoms with Gasteiger partial charge in [0, 0.05) is 0 Å². The molecule has 0 N–H and O–H groups in total. The van der Waals surface area contributed by atoms with Crippen molar-refractivity contribution in [1.29, 1.82) is 0 Å². The summed E-state index contributed by atoms with van der Waals surface area (Å²) in [6.07, 6.45) is 61.7. The van der Waals surface area contributed by atoms with E-state index < -0.39 is 0 Å². The first-order valence-electron chi connectivity index (χ1n) is 24.5. The molecule has 0 unspecified atom stereocenters. The summed E-state index contributed by atoms with van der Waals surface area (Å²) in [5.41, 5.74) is 0. The molecule has 0 rings (SSSR count). The molecule has 0 aromatic carbocycles. The molecule has 2 heteroatoms. The summed E-state index contributed by atoms with van der Waals surface area (Å²) in [6, 6.07) is 0. The van der Waals surface area contributed by atoms with Gasteiger partial charge >= 0.3 is 0 Å². The Hall–Kier alpha value is 0.690. The predicted molar refractivity (Wildman–Crippen MR) is 232 cm³/mol. The fourth-order valence-corrected chi connectivity index (χ4v) is 8.40. The topological polar surface area (TPSA) is 0 Å². The second-order valence-corrected chi connectivity index (χ2v) is 17.6. The number of quaternary nitrogens is 1. The van der Waals surface area contributed by atoms with Crippen molar-refractivity contribution >= 4 is 0 Å². The van der Waals surface area contributed by atoms with Crippen LogP contribution in [0, 0.1) is 0 Å². The number of hydrogen-bond acceptors (Lipinski definition) is 0. The zero-order valence-corrected chi connectivity index (χ0v) is 38.8. The van der Waals surface area contributed by atoms with Crippen molar-refractivity contribution in [2.45, 2.75) is 290 Å². The summed E-state index contributed by atoms with van der Waals surface area (Å²) in [7, 11) is 2.63. The lowest BCUT2D eigenvalue weighted by atomic mass is 10.0. The molecule has 0 aromatic heterocycles. The number of rotatable bonds is 45. The van der Waals surface area contributed by atoms with Crippen LogP contribution >= 0.6 is 0 Å². The van der Waals surface area contributed by atoms with E-state index in [0.717, 1.165) is 0 Å². The molecule has 0 saturated carbocycles. The molecule has 0 aromatic rings. The lowest BCUT2D eigenvalue weighted by molar-refractivity contribution is -0.910. The normalized spacial score (nSPS) is 11.8. The average Bonchev–Trinajstić information content (AvgIpc) is 3.12. The minimum absolute atomic E-state index is 0. The van der Waals surface area contributed by atoms with Crippen molar-refractivity contribution < 1.29 is 28.5 Å². The predicted octanol–water partition coefficient (Wildman–Crippen LogP) is 14.9. The van der Waals surface area contributed by atoms with E-state index in [1.165, 1.54) is 294 Å². The van der Waals surface area contributed by atoms with Crippen LogP contribution in [0.3, 0.4) is 0 Å². The van der Waals surface area contributed by atoms with Gasteiger partial charge in [0.05, 0.1) is 26.7 Å². The molecule has 0 aliphatic rings. The zero-order chi connectivity index (χ0) is 36.3. The summed E-state index contributed by atoms with van der Waals surface area (Å²) in [5, 5.41) is 0. The van der Waals surface area contributed by atoms with Crippen molar-refractivity contribution in [3.05, 3.63) is 0 Å². The maximum Gasteiger partial charge on any atom is 0.0784 e. The third kappa shape index (κ3) is 45.0. The highest BCUT2D eigenvalue weighted by atomic mass is 127. The van der Waals surface area contributed by atoms with Gasteiger partial charge in [-0.05, 0) is 38.5 Å². The van der Waals surface area contributed by atoms with Gasteiger partial charge in [0.25, 0.3) is 0 Å². The number of unbranched alkanes of at least 4 members (excludes halogenated alkanes) is 39. The summed E-state index contributed by atoms with van der Waals surface area (Å²) in [5.74, 6) is 0. The highest BCUT2D eigenvalue weighted by Crippen LogP contribution is 2.19. The first-order chi connectivity index (χ1) is 24.7. The van der Waals surface area contributed by atoms with Crippen molar-refractivity contribution in [1.82, 2.24) is 0 Å². The Kier molecular flexibility index (Phi) is 49.4. The standard InChI is InChI=1S/C49H102N.HI/c1-5-8-11-14-17-20-23-26-29-32-35-38-41-44-47-50(4,48-45-42-39-36-33-30-27-24-21-18-15-12-9-6-2)49-46-43-40-37-34-31-28-25-22-19-16-13-10-7-3;/h5-49H2,1-4H3;1H/q+1;/p-1. The van der Waals surface area contributed by atoms with Crippen LogP contribution in [0.15, 0.2) is 0 Å². The summed E-state index contributed by atoms with van der Waals surface area (Å²) in [6.45, 7) is 11.3. The lowest BCUT2D eigenvalue weighted by Gasteiger charge is -2.35. The van der Waals surface area contributed by atoms with Gasteiger partial charge in [-0.3, -0.25) is 0 Å². The van der Waals surface area contributed by atoms with E-state index in [9.17, 15) is 0 Å². The number of nitrogens with zero attached hydrogens (tertiary/aromatic N) is 1. The Morgan fingerprint density at radius 2 is 0.314 bits per heavy atom. The maximum atomic E-state index is 2.63. The van der Waals surface area contributed by atoms with E-state index in [2.05, 4.69) is 27.8 Å². The third-order valence-corrected chi connectivity index (χ3v) is 12.2. The maximum absolute atomic E-state index is 2.63. The Morgan fingerprint density at radius 3 is 0.451 bits per heavy atom. The second kappa shape index (κ2) is 46.8. The van der Waals surface area contributed by atoms with E-state index >= 15 is 0 Å². The van der Waals surface area contributed by atoms with Gasteiger partial charge in [-0.1, -0.05) is 252 Å². The quantitative estimate of drug-likeness (QED) is 0.0326. The van der Waals surface area contributed by atoms with Crippen molar-refractivity contribution in [3.8, 4) is 0 Å². The SMILES string of the molecule is CCCCCCCCCCCCCCCC[N+](C)(CCCCCCCCCCCCCCCC)CCCCCCCCCCCCCCCC.[I-]. The fraction of sp³-hybridized carbons (Fsp3) is 1.00. The molecular weight excluding hydrogens is 729 g/mol. The third-order valence-electron chi connectivity index (χ3n) is 12.2. The van der Waals surface area contributed by atoms with E-state index in [0.29, 0.717) is 0 Å². The van der Waals surface area contributed by atoms with Gasteiger partial charge in [0.1, 0.15) is 0 Å². The molecule has 0 fully saturated rings. The molecule has 0 spiro atoms. The first kappa shape index (κ1) is 53.8. The van der Waals surface area contributed by atoms with Crippen LogP contribution in [0.25, 0.3) is 0 Å². The Morgan fingerprint density at radius 1 is 0.196 bits per heavy atom. The van der Waals surface area contributed by atoms with E-state index in [-0.39, 0.29) is 24.0 Å². The molecule has 0 heterocycles. The zero-order valence-electron chi connectivity index (χ0n) is 36.6. The van der Waals surface area contributed by atoms with Crippen LogP contribution < -0.4 is 24.0 Å². The molecule has 0 aliphatic carbocycles. The molecular formula is C49H102IN. The molecule has 0 saturated heterocycles. The van der Waals surface area contributed by atoms with Gasteiger partial charge < -0.3 is 28.5 Å². The summed E-state index contributed by atoms with van der Waals surface area (Å²) >= 11 is 0. The summed E-state index contributed by atoms with van der Waals surface area (Å²) < 4.78 is 1.37. The minimum Gasteiger partial charge on any atom is -1.00 e. The Balaban J connectivity index is 0. The first-order valence-corrected chi connectivity index (χ1v) is 24.5. The highest BCUT2D eigenvalue weighted by molar-refractivity contribution is 4.54. The van der Waals surface area contributed by atoms with E-state index in [1.54, 1.807) is 0 Å². The smallest absolute Gasteiger partial charge is 0.0784 e. The molecule has 0 atom stereocenters. The van der Waals surface area contributed by atoms with Crippen LogP contribution in [0.2, 0.25) is 0 Å². The number of hydrogen-bond donors (Lipinski definition) is 0. The van der Waals surface area contributed by atoms with E-state index in [1.807, 2.05) is 0 Å². The largest absolute Gasteiger partial charge is 1.00 e. The fourth-order valence-electron chi connectivity index (χ4n) is 8.40. The van der Waals surface area contributed by atoms with Crippen molar-refractivity contribution in [2.75, 3.05) is 26.7 Å². The van der Waals surface area contributed by atoms with Gasteiger partial charge in [0.2, 0.25) is 0 Å². The summed E-state index contributed by atoms with van der Waals surface area (Å²) in [4.78, 5) is 0. The van der Waals surface area contributed by atoms with Crippen molar-refractivity contribution in [2.24, 2.45) is 0 Å². The van der Waals surface area contributed by atoms with E-state index in [4.69, 9.17) is 0 Å². The molecule has 0 aliphatic heterocycles. The van der Waals surface area contributed by atoms with Crippen LogP contribution in [0.1, 0.15) is 290 Å². The molecule has 310 valence electrons. The average molecular weight is 832 g/mol. The highest BCUT2D eigenvalue weighted by Gasteiger charge is 2.20. The Labute approximate surface area is 343 Å². The lowest BCUT2D eigenvalue weighted by Crippen LogP contribution is -3.00.